The first-order chi connectivity index (χ1) is 11.1. The number of likely N-dealkylation sites (tertiary alicyclic amines) is 1. The van der Waals surface area contributed by atoms with Crippen LogP contribution in [0.5, 0.6) is 0 Å². The molecule has 2 heterocycles. The molecule has 0 spiro atoms. The SMILES string of the molecule is CN1CCC(NC(=O)N2CCN(c3ccccc3F)CC2)CC1. The third-order valence-electron chi connectivity index (χ3n) is 4.81. The molecule has 5 nitrogen and oxygen atoms in total. The highest BCUT2D eigenvalue weighted by molar-refractivity contribution is 5.75. The van der Waals surface area contributed by atoms with Crippen LogP contribution in [0.25, 0.3) is 0 Å². The Balaban J connectivity index is 1.49. The van der Waals surface area contributed by atoms with Gasteiger partial charge in [-0.3, -0.25) is 0 Å². The number of nitrogens with one attached hydrogen (secondary N) is 1. The van der Waals surface area contributed by atoms with E-state index in [0.717, 1.165) is 25.9 Å². The van der Waals surface area contributed by atoms with Crippen molar-refractivity contribution in [3.8, 4) is 0 Å². The third kappa shape index (κ3) is 3.93. The first-order valence-electron chi connectivity index (χ1n) is 8.37. The summed E-state index contributed by atoms with van der Waals surface area (Å²) in [5.41, 5.74) is 0.628. The van der Waals surface area contributed by atoms with Gasteiger partial charge in [0.1, 0.15) is 5.82 Å². The van der Waals surface area contributed by atoms with Gasteiger partial charge in [-0.1, -0.05) is 12.1 Å². The van der Waals surface area contributed by atoms with Crippen LogP contribution in [0.3, 0.4) is 0 Å². The molecule has 23 heavy (non-hydrogen) atoms. The van der Waals surface area contributed by atoms with Crippen molar-refractivity contribution in [2.75, 3.05) is 51.2 Å². The normalized spacial score (nSPS) is 20.6. The molecular weight excluding hydrogens is 295 g/mol. The highest BCUT2D eigenvalue weighted by Crippen LogP contribution is 2.20. The van der Waals surface area contributed by atoms with Gasteiger partial charge < -0.3 is 20.0 Å². The van der Waals surface area contributed by atoms with Gasteiger partial charge in [0.2, 0.25) is 0 Å². The Hall–Kier alpha value is -1.82. The summed E-state index contributed by atoms with van der Waals surface area (Å²) in [6.45, 7) is 4.67. The fourth-order valence-corrected chi connectivity index (χ4v) is 3.28. The molecule has 1 aromatic carbocycles. The number of urea groups is 1. The maximum atomic E-state index is 13.8. The van der Waals surface area contributed by atoms with E-state index in [9.17, 15) is 9.18 Å². The van der Waals surface area contributed by atoms with Crippen molar-refractivity contribution in [1.82, 2.24) is 15.1 Å². The van der Waals surface area contributed by atoms with Gasteiger partial charge in [-0.05, 0) is 45.1 Å². The van der Waals surface area contributed by atoms with Crippen LogP contribution in [0, 0.1) is 5.82 Å². The molecule has 2 aliphatic heterocycles. The van der Waals surface area contributed by atoms with Crippen molar-refractivity contribution in [2.24, 2.45) is 0 Å². The molecular formula is C17H25FN4O. The van der Waals surface area contributed by atoms with Crippen LogP contribution in [-0.2, 0) is 0 Å². The van der Waals surface area contributed by atoms with E-state index in [4.69, 9.17) is 0 Å². The van der Waals surface area contributed by atoms with E-state index in [2.05, 4.69) is 17.3 Å². The van der Waals surface area contributed by atoms with Gasteiger partial charge in [-0.15, -0.1) is 0 Å². The molecule has 0 atom stereocenters. The Morgan fingerprint density at radius 2 is 1.74 bits per heavy atom. The van der Waals surface area contributed by atoms with Gasteiger partial charge in [0.15, 0.2) is 0 Å². The number of piperazine rings is 1. The van der Waals surface area contributed by atoms with E-state index in [1.54, 1.807) is 12.1 Å². The van der Waals surface area contributed by atoms with E-state index in [0.29, 0.717) is 31.9 Å². The van der Waals surface area contributed by atoms with Gasteiger partial charge in [-0.25, -0.2) is 9.18 Å². The van der Waals surface area contributed by atoms with Crippen molar-refractivity contribution in [2.45, 2.75) is 18.9 Å². The van der Waals surface area contributed by atoms with E-state index in [-0.39, 0.29) is 17.9 Å². The molecule has 2 aliphatic rings. The van der Waals surface area contributed by atoms with Crippen LogP contribution >= 0.6 is 0 Å². The van der Waals surface area contributed by atoms with Crippen LogP contribution in [-0.4, -0.2) is 68.2 Å². The number of hydrogen-bond donors (Lipinski definition) is 1. The molecule has 3 rings (SSSR count). The molecule has 2 fully saturated rings. The Labute approximate surface area is 137 Å². The van der Waals surface area contributed by atoms with E-state index in [1.165, 1.54) is 6.07 Å². The highest BCUT2D eigenvalue weighted by atomic mass is 19.1. The monoisotopic (exact) mass is 320 g/mol. The molecule has 0 saturated carbocycles. The third-order valence-corrected chi connectivity index (χ3v) is 4.81. The zero-order chi connectivity index (χ0) is 16.2. The quantitative estimate of drug-likeness (QED) is 0.902. The van der Waals surface area contributed by atoms with Gasteiger partial charge >= 0.3 is 6.03 Å². The topological polar surface area (TPSA) is 38.8 Å². The van der Waals surface area contributed by atoms with Crippen LogP contribution < -0.4 is 10.2 Å². The molecule has 0 bridgehead atoms. The van der Waals surface area contributed by atoms with Crippen molar-refractivity contribution < 1.29 is 9.18 Å². The lowest BCUT2D eigenvalue weighted by atomic mass is 10.1. The molecule has 6 heteroatoms. The van der Waals surface area contributed by atoms with E-state index in [1.807, 2.05) is 15.9 Å². The summed E-state index contributed by atoms with van der Waals surface area (Å²) in [6.07, 6.45) is 2.02. The average molecular weight is 320 g/mol. The zero-order valence-corrected chi connectivity index (χ0v) is 13.7. The number of carbonyl (C=O) groups excluding carboxylic acids is 1. The lowest BCUT2D eigenvalue weighted by Crippen LogP contribution is -2.54. The fourth-order valence-electron chi connectivity index (χ4n) is 3.28. The number of halogens is 1. The highest BCUT2D eigenvalue weighted by Gasteiger charge is 2.25. The number of nitrogens with zero attached hydrogens (tertiary/aromatic N) is 3. The van der Waals surface area contributed by atoms with Crippen LogP contribution in [0.1, 0.15) is 12.8 Å². The largest absolute Gasteiger partial charge is 0.366 e. The molecule has 0 aliphatic carbocycles. The van der Waals surface area contributed by atoms with Gasteiger partial charge in [0, 0.05) is 32.2 Å². The summed E-state index contributed by atoms with van der Waals surface area (Å²) in [7, 11) is 2.11. The molecule has 1 aromatic rings. The second-order valence-corrected chi connectivity index (χ2v) is 6.45. The average Bonchev–Trinajstić information content (AvgIpc) is 2.57. The van der Waals surface area contributed by atoms with Gasteiger partial charge in [-0.2, -0.15) is 0 Å². The van der Waals surface area contributed by atoms with Crippen LogP contribution in [0.4, 0.5) is 14.9 Å². The Bertz CT molecular complexity index is 537. The molecule has 0 radical (unpaired) electrons. The number of hydrogen-bond acceptors (Lipinski definition) is 3. The maximum Gasteiger partial charge on any atom is 0.317 e. The molecule has 1 N–H and O–H groups in total. The Kier molecular flexibility index (Phi) is 5.00. The van der Waals surface area contributed by atoms with Crippen molar-refractivity contribution in [3.63, 3.8) is 0 Å². The summed E-state index contributed by atoms with van der Waals surface area (Å²) in [5.74, 6) is -0.197. The number of benzene rings is 1. The van der Waals surface area contributed by atoms with Crippen LogP contribution in [0.2, 0.25) is 0 Å². The Morgan fingerprint density at radius 1 is 1.09 bits per heavy atom. The smallest absolute Gasteiger partial charge is 0.317 e. The second kappa shape index (κ2) is 7.17. The molecule has 0 unspecified atom stereocenters. The maximum absolute atomic E-state index is 13.8. The van der Waals surface area contributed by atoms with Crippen LogP contribution in [0.15, 0.2) is 24.3 Å². The van der Waals surface area contributed by atoms with Crippen molar-refractivity contribution >= 4 is 11.7 Å². The van der Waals surface area contributed by atoms with E-state index < -0.39 is 0 Å². The minimum Gasteiger partial charge on any atom is -0.366 e. The minimum atomic E-state index is -0.197. The Morgan fingerprint density at radius 3 is 2.39 bits per heavy atom. The van der Waals surface area contributed by atoms with Gasteiger partial charge in [0.05, 0.1) is 5.69 Å². The number of amides is 2. The number of rotatable bonds is 2. The standard InChI is InChI=1S/C17H25FN4O/c1-20-8-6-14(7-9-20)19-17(23)22-12-10-21(11-13-22)16-5-3-2-4-15(16)18/h2-5,14H,6-13H2,1H3,(H,19,23). The number of piperidine rings is 1. The van der Waals surface area contributed by atoms with Crippen molar-refractivity contribution in [1.29, 1.82) is 0 Å². The molecule has 0 aromatic heterocycles. The predicted octanol–water partition coefficient (Wildman–Crippen LogP) is 1.75. The lowest BCUT2D eigenvalue weighted by Gasteiger charge is -2.37. The second-order valence-electron chi connectivity index (χ2n) is 6.45. The first-order valence-corrected chi connectivity index (χ1v) is 8.37. The summed E-state index contributed by atoms with van der Waals surface area (Å²) in [6, 6.07) is 7.12. The molecule has 2 amide bonds. The number of carbonyl (C=O) groups is 1. The predicted molar refractivity (Wildman–Crippen MR) is 89.2 cm³/mol. The first kappa shape index (κ1) is 16.1. The van der Waals surface area contributed by atoms with Crippen molar-refractivity contribution in [3.05, 3.63) is 30.1 Å². The summed E-state index contributed by atoms with van der Waals surface area (Å²) >= 11 is 0. The number of para-hydroxylation sites is 1. The molecule has 126 valence electrons. The minimum absolute atomic E-state index is 0.0211. The summed E-state index contributed by atoms with van der Waals surface area (Å²) in [4.78, 5) is 18.5. The van der Waals surface area contributed by atoms with E-state index >= 15 is 0 Å². The summed E-state index contributed by atoms with van der Waals surface area (Å²) in [5, 5.41) is 3.14. The fraction of sp³-hybridized carbons (Fsp3) is 0.588. The zero-order valence-electron chi connectivity index (χ0n) is 13.7. The molecule has 2 saturated heterocycles. The lowest BCUT2D eigenvalue weighted by molar-refractivity contribution is 0.178. The summed E-state index contributed by atoms with van der Waals surface area (Å²) < 4.78 is 13.8. The van der Waals surface area contributed by atoms with Gasteiger partial charge in [0.25, 0.3) is 0 Å². The number of anilines is 1.